The molecule has 0 fully saturated rings. The number of anilines is 2. The first kappa shape index (κ1) is 23.2. The second kappa shape index (κ2) is 9.91. The van der Waals surface area contributed by atoms with Crippen molar-refractivity contribution < 1.29 is 9.59 Å². The minimum absolute atomic E-state index is 0.117. The van der Waals surface area contributed by atoms with Crippen LogP contribution in [0.25, 0.3) is 0 Å². The summed E-state index contributed by atoms with van der Waals surface area (Å²) in [7, 11) is 0. The molecule has 2 aromatic carbocycles. The Morgan fingerprint density at radius 2 is 1.03 bits per heavy atom. The highest BCUT2D eigenvalue weighted by Crippen LogP contribution is 2.24. The number of aryl methyl sites for hydroxylation is 2. The van der Waals surface area contributed by atoms with Crippen LogP contribution in [0.5, 0.6) is 0 Å². The molecule has 0 aliphatic carbocycles. The molecule has 0 radical (unpaired) electrons. The zero-order valence-corrected chi connectivity index (χ0v) is 19.8. The molecular weight excluding hydrogens is 428 g/mol. The second-order valence-electron chi connectivity index (χ2n) is 8.52. The maximum absolute atomic E-state index is 12.8. The third-order valence-electron chi connectivity index (χ3n) is 5.79. The molecule has 2 atom stereocenters. The Bertz CT molecular complexity index is 1100. The molecule has 34 heavy (non-hydrogen) atoms. The molecule has 0 spiro atoms. The minimum Gasteiger partial charge on any atom is -0.294 e. The van der Waals surface area contributed by atoms with E-state index in [2.05, 4.69) is 20.2 Å². The fourth-order valence-corrected chi connectivity index (χ4v) is 3.72. The molecule has 8 nitrogen and oxygen atoms in total. The van der Waals surface area contributed by atoms with E-state index in [4.69, 9.17) is 0 Å². The number of rotatable bonds is 7. The predicted molar refractivity (Wildman–Crippen MR) is 137 cm³/mol. The standard InChI is InChI=1S/C26H28N6O2/c1-17-5-9-21(10-6-17)31-25(33)23(19(3)29-31)15-27-13-14-28-16-24-20(4)30-32(26(24)34)22-11-7-18(2)8-12-22/h5-12,15-16,23-24H,13-14H2,1-4H3. The molecule has 2 aliphatic rings. The Balaban J connectivity index is 1.29. The van der Waals surface area contributed by atoms with Crippen molar-refractivity contribution in [2.75, 3.05) is 23.1 Å². The van der Waals surface area contributed by atoms with Gasteiger partial charge in [0, 0.05) is 12.4 Å². The number of aliphatic imine (C=N–C) groups is 2. The van der Waals surface area contributed by atoms with Crippen molar-refractivity contribution in [3.8, 4) is 0 Å². The molecule has 4 rings (SSSR count). The molecule has 0 N–H and O–H groups in total. The number of carbonyl (C=O) groups excluding carboxylic acids is 2. The summed E-state index contributed by atoms with van der Waals surface area (Å²) in [5.41, 5.74) is 5.15. The molecule has 2 unspecified atom stereocenters. The molecular formula is C26H28N6O2. The summed E-state index contributed by atoms with van der Waals surface area (Å²) >= 11 is 0. The monoisotopic (exact) mass is 456 g/mol. The lowest BCUT2D eigenvalue weighted by Crippen LogP contribution is -2.28. The van der Waals surface area contributed by atoms with E-state index >= 15 is 0 Å². The number of benzene rings is 2. The fourth-order valence-electron chi connectivity index (χ4n) is 3.72. The van der Waals surface area contributed by atoms with E-state index < -0.39 is 11.8 Å². The molecule has 0 aromatic heterocycles. The van der Waals surface area contributed by atoms with E-state index in [0.29, 0.717) is 24.5 Å². The summed E-state index contributed by atoms with van der Waals surface area (Å²) < 4.78 is 0. The minimum atomic E-state index is -0.473. The Morgan fingerprint density at radius 3 is 1.38 bits per heavy atom. The van der Waals surface area contributed by atoms with Crippen LogP contribution in [0.15, 0.2) is 68.7 Å². The largest absolute Gasteiger partial charge is 0.294 e. The Labute approximate surface area is 199 Å². The molecule has 0 saturated carbocycles. The summed E-state index contributed by atoms with van der Waals surface area (Å²) in [6.07, 6.45) is 3.27. The Morgan fingerprint density at radius 1 is 0.676 bits per heavy atom. The van der Waals surface area contributed by atoms with Crippen LogP contribution < -0.4 is 10.0 Å². The van der Waals surface area contributed by atoms with Crippen LogP contribution in [-0.2, 0) is 9.59 Å². The van der Waals surface area contributed by atoms with Gasteiger partial charge in [0.05, 0.1) is 35.9 Å². The molecule has 2 heterocycles. The highest BCUT2D eigenvalue weighted by molar-refractivity contribution is 6.24. The summed E-state index contributed by atoms with van der Waals surface area (Å²) in [4.78, 5) is 34.3. The third kappa shape index (κ3) is 4.85. The summed E-state index contributed by atoms with van der Waals surface area (Å²) in [5, 5.41) is 11.6. The van der Waals surface area contributed by atoms with Gasteiger partial charge in [-0.25, -0.2) is 0 Å². The summed E-state index contributed by atoms with van der Waals surface area (Å²) in [6, 6.07) is 15.3. The van der Waals surface area contributed by atoms with E-state index in [9.17, 15) is 9.59 Å². The first-order chi connectivity index (χ1) is 16.3. The zero-order chi connectivity index (χ0) is 24.2. The van der Waals surface area contributed by atoms with Crippen LogP contribution in [0, 0.1) is 25.7 Å². The lowest BCUT2D eigenvalue weighted by atomic mass is 10.1. The van der Waals surface area contributed by atoms with Gasteiger partial charge < -0.3 is 0 Å². The number of amides is 2. The van der Waals surface area contributed by atoms with Crippen LogP contribution in [0.1, 0.15) is 25.0 Å². The smallest absolute Gasteiger partial charge is 0.261 e. The van der Waals surface area contributed by atoms with Crippen LogP contribution >= 0.6 is 0 Å². The van der Waals surface area contributed by atoms with Gasteiger partial charge in [0.1, 0.15) is 11.8 Å². The number of hydrogen-bond acceptors (Lipinski definition) is 6. The van der Waals surface area contributed by atoms with E-state index in [-0.39, 0.29) is 11.8 Å². The van der Waals surface area contributed by atoms with Crippen LogP contribution in [0.4, 0.5) is 11.4 Å². The van der Waals surface area contributed by atoms with Gasteiger partial charge in [0.2, 0.25) is 0 Å². The van der Waals surface area contributed by atoms with Gasteiger partial charge in [0.15, 0.2) is 0 Å². The lowest BCUT2D eigenvalue weighted by molar-refractivity contribution is -0.119. The molecule has 2 amide bonds. The third-order valence-corrected chi connectivity index (χ3v) is 5.79. The molecule has 2 aromatic rings. The zero-order valence-electron chi connectivity index (χ0n) is 19.8. The molecule has 0 bridgehead atoms. The van der Waals surface area contributed by atoms with Crippen molar-refractivity contribution in [2.24, 2.45) is 32.0 Å². The predicted octanol–water partition coefficient (Wildman–Crippen LogP) is 3.82. The van der Waals surface area contributed by atoms with Gasteiger partial charge in [0.25, 0.3) is 11.8 Å². The van der Waals surface area contributed by atoms with Crippen LogP contribution in [0.3, 0.4) is 0 Å². The molecule has 0 saturated heterocycles. The number of hydrazone groups is 2. The number of hydrogen-bond donors (Lipinski definition) is 0. The first-order valence-electron chi connectivity index (χ1n) is 11.3. The van der Waals surface area contributed by atoms with Crippen molar-refractivity contribution in [3.63, 3.8) is 0 Å². The van der Waals surface area contributed by atoms with Gasteiger partial charge in [-0.1, -0.05) is 35.4 Å². The summed E-state index contributed by atoms with van der Waals surface area (Å²) in [6.45, 7) is 8.48. The first-order valence-corrected chi connectivity index (χ1v) is 11.3. The number of carbonyl (C=O) groups is 2. The van der Waals surface area contributed by atoms with E-state index in [1.807, 2.05) is 76.2 Å². The van der Waals surface area contributed by atoms with Crippen molar-refractivity contribution in [1.82, 2.24) is 0 Å². The SMILES string of the molecule is CC1=NN(c2ccc(C)cc2)C(=O)C1C=NCCN=CC1C(=O)N(c2ccc(C)cc2)N=C1C. The van der Waals surface area contributed by atoms with Gasteiger partial charge >= 0.3 is 0 Å². The second-order valence-corrected chi connectivity index (χ2v) is 8.52. The van der Waals surface area contributed by atoms with E-state index in [0.717, 1.165) is 22.5 Å². The average Bonchev–Trinajstić information content (AvgIpc) is 3.26. The van der Waals surface area contributed by atoms with Crippen LogP contribution in [-0.4, -0.2) is 48.8 Å². The van der Waals surface area contributed by atoms with E-state index in [1.54, 1.807) is 12.4 Å². The molecule has 174 valence electrons. The Hall–Kier alpha value is -3.94. The summed E-state index contributed by atoms with van der Waals surface area (Å²) in [5.74, 6) is -1.18. The van der Waals surface area contributed by atoms with Crippen molar-refractivity contribution in [2.45, 2.75) is 27.7 Å². The maximum atomic E-state index is 12.8. The quantitative estimate of drug-likeness (QED) is 0.468. The topological polar surface area (TPSA) is 90.1 Å². The molecule has 8 heteroatoms. The highest BCUT2D eigenvalue weighted by atomic mass is 16.2. The van der Waals surface area contributed by atoms with Gasteiger partial charge in [-0.05, 0) is 52.0 Å². The maximum Gasteiger partial charge on any atom is 0.261 e. The highest BCUT2D eigenvalue weighted by Gasteiger charge is 2.34. The van der Waals surface area contributed by atoms with Crippen LogP contribution in [0.2, 0.25) is 0 Å². The van der Waals surface area contributed by atoms with Crippen molar-refractivity contribution >= 4 is 47.0 Å². The lowest BCUT2D eigenvalue weighted by Gasteiger charge is -2.13. The van der Waals surface area contributed by atoms with Crippen molar-refractivity contribution in [3.05, 3.63) is 59.7 Å². The number of nitrogens with zero attached hydrogens (tertiary/aromatic N) is 6. The van der Waals surface area contributed by atoms with Gasteiger partial charge in [-0.3, -0.25) is 19.6 Å². The van der Waals surface area contributed by atoms with Crippen molar-refractivity contribution in [1.29, 1.82) is 0 Å². The van der Waals surface area contributed by atoms with E-state index in [1.165, 1.54) is 10.0 Å². The van der Waals surface area contributed by atoms with Gasteiger partial charge in [-0.15, -0.1) is 0 Å². The Kier molecular flexibility index (Phi) is 6.77. The normalized spacial score (nSPS) is 20.7. The fraction of sp³-hybridized carbons (Fsp3) is 0.308. The average molecular weight is 457 g/mol. The molecule has 2 aliphatic heterocycles. The van der Waals surface area contributed by atoms with Gasteiger partial charge in [-0.2, -0.15) is 20.2 Å².